The molecule has 0 spiro atoms. The molecule has 1 atom stereocenters. The van der Waals surface area contributed by atoms with Gasteiger partial charge in [0.25, 0.3) is 0 Å². The molecular formula is C24H21N5O3S. The van der Waals surface area contributed by atoms with E-state index in [0.29, 0.717) is 41.4 Å². The van der Waals surface area contributed by atoms with Crippen molar-refractivity contribution in [1.82, 2.24) is 19.7 Å². The number of ether oxygens (including phenoxy) is 2. The molecule has 1 aliphatic rings. The monoisotopic (exact) mass is 459 g/mol. The average molecular weight is 460 g/mol. The molecule has 0 bridgehead atoms. The van der Waals surface area contributed by atoms with Crippen molar-refractivity contribution >= 4 is 23.4 Å². The predicted molar refractivity (Wildman–Crippen MR) is 126 cm³/mol. The second-order valence-electron chi connectivity index (χ2n) is 7.33. The molecule has 166 valence electrons. The number of para-hydroxylation sites is 1. The zero-order chi connectivity index (χ0) is 22.6. The number of benzene rings is 2. The lowest BCUT2D eigenvalue weighted by molar-refractivity contribution is -0.115. The van der Waals surface area contributed by atoms with Gasteiger partial charge in [0.1, 0.15) is 13.2 Å². The van der Waals surface area contributed by atoms with Crippen molar-refractivity contribution < 1.29 is 14.3 Å². The number of aromatic nitrogens is 4. The van der Waals surface area contributed by atoms with E-state index < -0.39 is 5.25 Å². The molecule has 2 aromatic heterocycles. The molecular weight excluding hydrogens is 438 g/mol. The molecule has 0 aliphatic carbocycles. The lowest BCUT2D eigenvalue weighted by atomic mass is 10.2. The molecule has 1 unspecified atom stereocenters. The standard InChI is InChI=1S/C24H21N5O3S/c1-16(23(30)26-18-9-10-20-21(14-18)32-13-12-31-20)33-24-28-27-22(17-6-5-11-25-15-17)29(24)19-7-3-2-4-8-19/h2-11,14-16H,12-13H2,1H3,(H,26,30). The maximum atomic E-state index is 12.9. The number of fused-ring (bicyclic) bond motifs is 1. The van der Waals surface area contributed by atoms with Crippen molar-refractivity contribution in [1.29, 1.82) is 0 Å². The summed E-state index contributed by atoms with van der Waals surface area (Å²) >= 11 is 1.34. The molecule has 5 rings (SSSR count). The summed E-state index contributed by atoms with van der Waals surface area (Å²) in [6.45, 7) is 2.85. The minimum atomic E-state index is -0.424. The fraction of sp³-hybridized carbons (Fsp3) is 0.167. The summed E-state index contributed by atoms with van der Waals surface area (Å²) in [6.07, 6.45) is 3.46. The maximum Gasteiger partial charge on any atom is 0.237 e. The number of rotatable bonds is 6. The summed E-state index contributed by atoms with van der Waals surface area (Å²) in [5.41, 5.74) is 2.40. The molecule has 0 radical (unpaired) electrons. The van der Waals surface area contributed by atoms with E-state index in [-0.39, 0.29) is 5.91 Å². The van der Waals surface area contributed by atoms with E-state index in [1.54, 1.807) is 30.6 Å². The Balaban J connectivity index is 1.38. The van der Waals surface area contributed by atoms with Crippen molar-refractivity contribution in [3.05, 3.63) is 73.1 Å². The number of hydrogen-bond acceptors (Lipinski definition) is 7. The number of carbonyl (C=O) groups is 1. The number of thioether (sulfide) groups is 1. The van der Waals surface area contributed by atoms with Gasteiger partial charge >= 0.3 is 0 Å². The van der Waals surface area contributed by atoms with Crippen LogP contribution in [0.1, 0.15) is 6.92 Å². The smallest absolute Gasteiger partial charge is 0.237 e. The molecule has 2 aromatic carbocycles. The molecule has 1 N–H and O–H groups in total. The van der Waals surface area contributed by atoms with E-state index in [0.717, 1.165) is 11.3 Å². The normalized spacial score (nSPS) is 13.4. The molecule has 8 nitrogen and oxygen atoms in total. The average Bonchev–Trinajstić information content (AvgIpc) is 3.28. The quantitative estimate of drug-likeness (QED) is 0.432. The van der Waals surface area contributed by atoms with Gasteiger partial charge in [-0.3, -0.25) is 14.3 Å². The minimum absolute atomic E-state index is 0.151. The summed E-state index contributed by atoms with van der Waals surface area (Å²) in [7, 11) is 0. The van der Waals surface area contributed by atoms with Crippen LogP contribution in [0.4, 0.5) is 5.69 Å². The first-order valence-electron chi connectivity index (χ1n) is 10.5. The summed E-state index contributed by atoms with van der Waals surface area (Å²) in [4.78, 5) is 17.1. The second-order valence-corrected chi connectivity index (χ2v) is 8.63. The third-order valence-electron chi connectivity index (χ3n) is 5.03. The maximum absolute atomic E-state index is 12.9. The van der Waals surface area contributed by atoms with Crippen LogP contribution in [0.25, 0.3) is 17.1 Å². The molecule has 0 fully saturated rings. The van der Waals surface area contributed by atoms with E-state index in [4.69, 9.17) is 9.47 Å². The van der Waals surface area contributed by atoms with Gasteiger partial charge in [-0.05, 0) is 43.3 Å². The van der Waals surface area contributed by atoms with Gasteiger partial charge in [0, 0.05) is 35.4 Å². The summed E-state index contributed by atoms with van der Waals surface area (Å²) in [5, 5.41) is 11.9. The highest BCUT2D eigenvalue weighted by atomic mass is 32.2. The number of nitrogens with zero attached hydrogens (tertiary/aromatic N) is 4. The van der Waals surface area contributed by atoms with Crippen molar-refractivity contribution in [2.45, 2.75) is 17.3 Å². The van der Waals surface area contributed by atoms with E-state index in [1.807, 2.05) is 54.0 Å². The highest BCUT2D eigenvalue weighted by Crippen LogP contribution is 2.34. The third-order valence-corrected chi connectivity index (χ3v) is 6.07. The largest absolute Gasteiger partial charge is 0.486 e. The zero-order valence-corrected chi connectivity index (χ0v) is 18.7. The van der Waals surface area contributed by atoms with Crippen molar-refractivity contribution in [2.24, 2.45) is 0 Å². The topological polar surface area (TPSA) is 91.2 Å². The Kier molecular flexibility index (Phi) is 5.95. The van der Waals surface area contributed by atoms with Crippen LogP contribution in [0.3, 0.4) is 0 Å². The van der Waals surface area contributed by atoms with Gasteiger partial charge in [-0.25, -0.2) is 0 Å². The Morgan fingerprint density at radius 1 is 1.03 bits per heavy atom. The number of nitrogens with one attached hydrogen (secondary N) is 1. The molecule has 3 heterocycles. The zero-order valence-electron chi connectivity index (χ0n) is 17.8. The Morgan fingerprint density at radius 3 is 2.64 bits per heavy atom. The van der Waals surface area contributed by atoms with Gasteiger partial charge in [0.05, 0.1) is 5.25 Å². The van der Waals surface area contributed by atoms with Crippen LogP contribution in [0, 0.1) is 0 Å². The van der Waals surface area contributed by atoms with E-state index >= 15 is 0 Å². The highest BCUT2D eigenvalue weighted by molar-refractivity contribution is 8.00. The van der Waals surface area contributed by atoms with Gasteiger partial charge in [0.15, 0.2) is 22.5 Å². The van der Waals surface area contributed by atoms with Crippen LogP contribution < -0.4 is 14.8 Å². The highest BCUT2D eigenvalue weighted by Gasteiger charge is 2.22. The van der Waals surface area contributed by atoms with E-state index in [9.17, 15) is 4.79 Å². The molecule has 1 aliphatic heterocycles. The number of carbonyl (C=O) groups excluding carboxylic acids is 1. The molecule has 1 amide bonds. The van der Waals surface area contributed by atoms with Gasteiger partial charge in [-0.1, -0.05) is 30.0 Å². The third kappa shape index (κ3) is 4.54. The lowest BCUT2D eigenvalue weighted by Crippen LogP contribution is -2.23. The van der Waals surface area contributed by atoms with Gasteiger partial charge in [0.2, 0.25) is 5.91 Å². The van der Waals surface area contributed by atoms with Crippen molar-refractivity contribution in [3.63, 3.8) is 0 Å². The van der Waals surface area contributed by atoms with Crippen molar-refractivity contribution in [3.8, 4) is 28.6 Å². The summed E-state index contributed by atoms with van der Waals surface area (Å²) < 4.78 is 13.1. The molecule has 0 saturated heterocycles. The van der Waals surface area contributed by atoms with Gasteiger partial charge < -0.3 is 14.8 Å². The summed E-state index contributed by atoms with van der Waals surface area (Å²) in [6, 6.07) is 19.0. The van der Waals surface area contributed by atoms with E-state index in [1.165, 1.54) is 11.8 Å². The molecule has 9 heteroatoms. The van der Waals surface area contributed by atoms with Crippen LogP contribution in [0.5, 0.6) is 11.5 Å². The molecule has 33 heavy (non-hydrogen) atoms. The van der Waals surface area contributed by atoms with E-state index in [2.05, 4.69) is 20.5 Å². The second kappa shape index (κ2) is 9.33. The van der Waals surface area contributed by atoms with Gasteiger partial charge in [-0.2, -0.15) is 0 Å². The van der Waals surface area contributed by atoms with Crippen LogP contribution >= 0.6 is 11.8 Å². The van der Waals surface area contributed by atoms with Crippen LogP contribution in [-0.2, 0) is 4.79 Å². The SMILES string of the molecule is CC(Sc1nnc(-c2cccnc2)n1-c1ccccc1)C(=O)Nc1ccc2c(c1)OCCO2. The predicted octanol–water partition coefficient (Wildman–Crippen LogP) is 4.22. The van der Waals surface area contributed by atoms with Gasteiger partial charge in [-0.15, -0.1) is 10.2 Å². The van der Waals surface area contributed by atoms with Crippen LogP contribution in [0.2, 0.25) is 0 Å². The molecule has 0 saturated carbocycles. The first-order chi connectivity index (χ1) is 16.2. The summed E-state index contributed by atoms with van der Waals surface area (Å²) in [5.74, 6) is 1.82. The fourth-order valence-corrected chi connectivity index (χ4v) is 4.28. The first-order valence-corrected chi connectivity index (χ1v) is 11.4. The van der Waals surface area contributed by atoms with Crippen LogP contribution in [-0.4, -0.2) is 44.1 Å². The fourth-order valence-electron chi connectivity index (χ4n) is 3.41. The first kappa shape index (κ1) is 21.0. The minimum Gasteiger partial charge on any atom is -0.486 e. The number of anilines is 1. The number of amides is 1. The number of pyridine rings is 1. The Hall–Kier alpha value is -3.85. The Morgan fingerprint density at radius 2 is 1.85 bits per heavy atom. The molecule has 4 aromatic rings. The van der Waals surface area contributed by atoms with Crippen molar-refractivity contribution in [2.75, 3.05) is 18.5 Å². The number of hydrogen-bond donors (Lipinski definition) is 1. The Bertz CT molecular complexity index is 1260. The Labute approximate surface area is 195 Å². The lowest BCUT2D eigenvalue weighted by Gasteiger charge is -2.19. The van der Waals surface area contributed by atoms with Crippen LogP contribution in [0.15, 0.2) is 78.2 Å².